The zero-order valence-electron chi connectivity index (χ0n) is 8.35. The zero-order valence-corrected chi connectivity index (χ0v) is 8.35. The van der Waals surface area contributed by atoms with Crippen molar-refractivity contribution in [2.24, 2.45) is 0 Å². The molecule has 1 aromatic carbocycles. The molecule has 16 heavy (non-hydrogen) atoms. The monoisotopic (exact) mass is 216 g/mol. The second-order valence-corrected chi connectivity index (χ2v) is 3.21. The van der Waals surface area contributed by atoms with Crippen LogP contribution in [-0.4, -0.2) is 10.9 Å². The maximum Gasteiger partial charge on any atom is 0.257 e. The number of nitrogens with one attached hydrogen (secondary N) is 1. The van der Waals surface area contributed by atoms with Crippen LogP contribution in [0.5, 0.6) is 0 Å². The Kier molecular flexibility index (Phi) is 2.91. The van der Waals surface area contributed by atoms with Crippen molar-refractivity contribution in [3.05, 3.63) is 60.2 Å². The van der Waals surface area contributed by atoms with Gasteiger partial charge in [0.2, 0.25) is 0 Å². The second-order valence-electron chi connectivity index (χ2n) is 3.21. The normalized spacial score (nSPS) is 9.81. The Bertz CT molecular complexity index is 499. The minimum absolute atomic E-state index is 0.198. The van der Waals surface area contributed by atoms with Crippen molar-refractivity contribution < 1.29 is 9.18 Å². The molecule has 0 radical (unpaired) electrons. The summed E-state index contributed by atoms with van der Waals surface area (Å²) in [6, 6.07) is 10.1. The van der Waals surface area contributed by atoms with Crippen LogP contribution in [0.15, 0.2) is 48.8 Å². The predicted molar refractivity (Wildman–Crippen MR) is 58.6 cm³/mol. The van der Waals surface area contributed by atoms with Gasteiger partial charge in [-0.05, 0) is 18.2 Å². The molecule has 0 saturated heterocycles. The molecule has 2 rings (SSSR count). The van der Waals surface area contributed by atoms with E-state index in [4.69, 9.17) is 0 Å². The Morgan fingerprint density at radius 1 is 1.19 bits per heavy atom. The lowest BCUT2D eigenvalue weighted by Crippen LogP contribution is -2.12. The first kappa shape index (κ1) is 10.3. The lowest BCUT2D eigenvalue weighted by atomic mass is 10.2. The number of halogens is 1. The van der Waals surface area contributed by atoms with E-state index in [0.29, 0.717) is 5.69 Å². The highest BCUT2D eigenvalue weighted by Gasteiger charge is 2.06. The number of carbonyl (C=O) groups is 1. The van der Waals surface area contributed by atoms with Gasteiger partial charge in [0.05, 0.1) is 11.8 Å². The largest absolute Gasteiger partial charge is 0.322 e. The van der Waals surface area contributed by atoms with Crippen LogP contribution in [0, 0.1) is 5.82 Å². The molecular formula is C12H9FN2O. The summed E-state index contributed by atoms with van der Waals surface area (Å²) in [5, 5.41) is 2.64. The molecule has 0 fully saturated rings. The number of pyridine rings is 1. The molecule has 1 amide bonds. The minimum Gasteiger partial charge on any atom is -0.322 e. The van der Waals surface area contributed by atoms with Gasteiger partial charge in [-0.15, -0.1) is 0 Å². The van der Waals surface area contributed by atoms with Crippen LogP contribution in [0.2, 0.25) is 0 Å². The Hall–Kier alpha value is -2.23. The molecule has 1 heterocycles. The van der Waals surface area contributed by atoms with Crippen LogP contribution in [0.3, 0.4) is 0 Å². The van der Waals surface area contributed by atoms with Crippen molar-refractivity contribution in [1.82, 2.24) is 4.98 Å². The van der Waals surface area contributed by atoms with Crippen LogP contribution in [0.25, 0.3) is 0 Å². The molecule has 2 aromatic rings. The minimum atomic E-state index is -0.527. The summed E-state index contributed by atoms with van der Waals surface area (Å²) in [5.41, 5.74) is 0.862. The fourth-order valence-corrected chi connectivity index (χ4v) is 1.26. The summed E-state index contributed by atoms with van der Waals surface area (Å²) in [6.45, 7) is 0. The molecule has 0 spiro atoms. The lowest BCUT2D eigenvalue weighted by molar-refractivity contribution is 0.102. The number of para-hydroxylation sites is 1. The highest BCUT2D eigenvalue weighted by molar-refractivity contribution is 6.03. The van der Waals surface area contributed by atoms with Crippen molar-refractivity contribution in [3.8, 4) is 0 Å². The van der Waals surface area contributed by atoms with Gasteiger partial charge in [-0.3, -0.25) is 9.78 Å². The first-order valence-corrected chi connectivity index (χ1v) is 4.72. The standard InChI is InChI=1S/C12H9FN2O/c13-10-6-9(7-14-8-10)12(16)15-11-4-2-1-3-5-11/h1-8H,(H,15,16). The molecule has 0 bridgehead atoms. The van der Waals surface area contributed by atoms with Gasteiger partial charge in [-0.1, -0.05) is 18.2 Å². The maximum atomic E-state index is 12.8. The summed E-state index contributed by atoms with van der Waals surface area (Å²) in [4.78, 5) is 15.3. The van der Waals surface area contributed by atoms with E-state index in [2.05, 4.69) is 10.3 Å². The summed E-state index contributed by atoms with van der Waals surface area (Å²) >= 11 is 0. The molecule has 4 heteroatoms. The van der Waals surface area contributed by atoms with E-state index < -0.39 is 5.82 Å². The molecule has 0 atom stereocenters. The molecule has 0 aliphatic heterocycles. The van der Waals surface area contributed by atoms with Crippen LogP contribution in [-0.2, 0) is 0 Å². The third kappa shape index (κ3) is 2.42. The van der Waals surface area contributed by atoms with Crippen molar-refractivity contribution >= 4 is 11.6 Å². The van der Waals surface area contributed by atoms with E-state index in [-0.39, 0.29) is 11.5 Å². The summed E-state index contributed by atoms with van der Waals surface area (Å²) in [6.07, 6.45) is 2.38. The Labute approximate surface area is 92.0 Å². The van der Waals surface area contributed by atoms with Crippen LogP contribution >= 0.6 is 0 Å². The van der Waals surface area contributed by atoms with Crippen molar-refractivity contribution in [3.63, 3.8) is 0 Å². The van der Waals surface area contributed by atoms with Gasteiger partial charge in [0.15, 0.2) is 0 Å². The molecule has 1 aromatic heterocycles. The molecule has 1 N–H and O–H groups in total. The number of hydrogen-bond donors (Lipinski definition) is 1. The van der Waals surface area contributed by atoms with Crippen molar-refractivity contribution in [2.45, 2.75) is 0 Å². The Morgan fingerprint density at radius 3 is 2.62 bits per heavy atom. The first-order valence-electron chi connectivity index (χ1n) is 4.72. The number of amides is 1. The topological polar surface area (TPSA) is 42.0 Å². The van der Waals surface area contributed by atoms with Crippen molar-refractivity contribution in [2.75, 3.05) is 5.32 Å². The average molecular weight is 216 g/mol. The van der Waals surface area contributed by atoms with Gasteiger partial charge in [0.25, 0.3) is 5.91 Å². The fourth-order valence-electron chi connectivity index (χ4n) is 1.26. The van der Waals surface area contributed by atoms with E-state index in [1.807, 2.05) is 6.07 Å². The number of benzene rings is 1. The molecule has 0 saturated carbocycles. The number of anilines is 1. The smallest absolute Gasteiger partial charge is 0.257 e. The van der Waals surface area contributed by atoms with Gasteiger partial charge >= 0.3 is 0 Å². The summed E-state index contributed by atoms with van der Waals surface area (Å²) < 4.78 is 12.8. The number of rotatable bonds is 2. The number of nitrogens with zero attached hydrogens (tertiary/aromatic N) is 1. The Balaban J connectivity index is 2.15. The lowest BCUT2D eigenvalue weighted by Gasteiger charge is -2.04. The predicted octanol–water partition coefficient (Wildman–Crippen LogP) is 2.47. The van der Waals surface area contributed by atoms with E-state index in [9.17, 15) is 9.18 Å². The van der Waals surface area contributed by atoms with Crippen LogP contribution in [0.4, 0.5) is 10.1 Å². The average Bonchev–Trinajstić information content (AvgIpc) is 2.30. The molecule has 0 aliphatic rings. The molecule has 0 unspecified atom stereocenters. The van der Waals surface area contributed by atoms with Crippen LogP contribution in [0.1, 0.15) is 10.4 Å². The number of carbonyl (C=O) groups excluding carboxylic acids is 1. The zero-order chi connectivity index (χ0) is 11.4. The maximum absolute atomic E-state index is 12.8. The number of aromatic nitrogens is 1. The first-order chi connectivity index (χ1) is 7.75. The third-order valence-corrected chi connectivity index (χ3v) is 2.00. The summed E-state index contributed by atoms with van der Waals surface area (Å²) in [7, 11) is 0. The van der Waals surface area contributed by atoms with Gasteiger partial charge < -0.3 is 5.32 Å². The van der Waals surface area contributed by atoms with Gasteiger partial charge in [0, 0.05) is 11.9 Å². The van der Waals surface area contributed by atoms with E-state index >= 15 is 0 Å². The van der Waals surface area contributed by atoms with Gasteiger partial charge in [-0.25, -0.2) is 4.39 Å². The highest BCUT2D eigenvalue weighted by atomic mass is 19.1. The quantitative estimate of drug-likeness (QED) is 0.837. The summed E-state index contributed by atoms with van der Waals surface area (Å²) in [5.74, 6) is -0.904. The van der Waals surface area contributed by atoms with E-state index in [0.717, 1.165) is 12.3 Å². The molecule has 3 nitrogen and oxygen atoms in total. The van der Waals surface area contributed by atoms with Gasteiger partial charge in [0.1, 0.15) is 5.82 Å². The molecule has 80 valence electrons. The van der Waals surface area contributed by atoms with Crippen molar-refractivity contribution in [1.29, 1.82) is 0 Å². The van der Waals surface area contributed by atoms with Gasteiger partial charge in [-0.2, -0.15) is 0 Å². The molecular weight excluding hydrogens is 207 g/mol. The second kappa shape index (κ2) is 4.53. The fraction of sp³-hybridized carbons (Fsp3) is 0. The number of hydrogen-bond acceptors (Lipinski definition) is 2. The third-order valence-electron chi connectivity index (χ3n) is 2.00. The Morgan fingerprint density at radius 2 is 1.94 bits per heavy atom. The van der Waals surface area contributed by atoms with Crippen LogP contribution < -0.4 is 5.32 Å². The van der Waals surface area contributed by atoms with E-state index in [1.54, 1.807) is 24.3 Å². The highest BCUT2D eigenvalue weighted by Crippen LogP contribution is 2.08. The van der Waals surface area contributed by atoms with E-state index in [1.165, 1.54) is 6.20 Å². The molecule has 0 aliphatic carbocycles. The SMILES string of the molecule is O=C(Nc1ccccc1)c1cncc(F)c1.